The number of nitrogens with zero attached hydrogens (tertiary/aromatic N) is 2. The molecule has 0 amide bonds. The van der Waals surface area contributed by atoms with Gasteiger partial charge in [-0.25, -0.2) is 4.98 Å². The number of hydrogen-bond donors (Lipinski definition) is 0. The molecule has 1 saturated carbocycles. The molecule has 0 saturated heterocycles. The zero-order valence-corrected chi connectivity index (χ0v) is 14.1. The molecular formula is C19H18N2OS. The van der Waals surface area contributed by atoms with Gasteiger partial charge in [0.1, 0.15) is 10.8 Å². The average molecular weight is 322 g/mol. The predicted octanol–water partition coefficient (Wildman–Crippen LogP) is 5.07. The van der Waals surface area contributed by atoms with Crippen LogP contribution in [0.1, 0.15) is 29.2 Å². The normalized spacial score (nSPS) is 14.0. The summed E-state index contributed by atoms with van der Waals surface area (Å²) in [6.45, 7) is 2.13. The predicted molar refractivity (Wildman–Crippen MR) is 94.0 cm³/mol. The molecule has 2 aromatic heterocycles. The Kier molecular flexibility index (Phi) is 3.62. The molecule has 4 heteroatoms. The molecule has 0 aliphatic heterocycles. The quantitative estimate of drug-likeness (QED) is 0.673. The molecule has 4 rings (SSSR count). The Morgan fingerprint density at radius 3 is 2.61 bits per heavy atom. The second-order valence-electron chi connectivity index (χ2n) is 5.89. The molecule has 0 N–H and O–H groups in total. The van der Waals surface area contributed by atoms with Crippen molar-refractivity contribution in [3.8, 4) is 27.6 Å². The van der Waals surface area contributed by atoms with E-state index in [1.807, 2.05) is 24.5 Å². The summed E-state index contributed by atoms with van der Waals surface area (Å²) in [5, 5.41) is 1.07. The van der Waals surface area contributed by atoms with Crippen molar-refractivity contribution in [2.75, 3.05) is 7.11 Å². The number of aromatic nitrogens is 2. The number of rotatable bonds is 4. The van der Waals surface area contributed by atoms with Crippen LogP contribution in [-0.4, -0.2) is 17.1 Å². The fourth-order valence-corrected chi connectivity index (χ4v) is 3.83. The topological polar surface area (TPSA) is 35.0 Å². The Hall–Kier alpha value is -2.20. The summed E-state index contributed by atoms with van der Waals surface area (Å²) in [5.41, 5.74) is 4.78. The minimum atomic E-state index is 0.696. The van der Waals surface area contributed by atoms with E-state index in [9.17, 15) is 0 Å². The van der Waals surface area contributed by atoms with Crippen LogP contribution in [0.15, 0.2) is 42.7 Å². The Bertz CT molecular complexity index is 835. The number of methoxy groups -OCH3 is 1. The first-order valence-electron chi connectivity index (χ1n) is 7.82. The largest absolute Gasteiger partial charge is 0.497 e. The van der Waals surface area contributed by atoms with Gasteiger partial charge in [0.05, 0.1) is 12.8 Å². The van der Waals surface area contributed by atoms with E-state index in [1.165, 1.54) is 28.8 Å². The lowest BCUT2D eigenvalue weighted by atomic mass is 10.1. The molecule has 0 radical (unpaired) electrons. The molecule has 0 spiro atoms. The second kappa shape index (κ2) is 5.78. The maximum atomic E-state index is 5.23. The summed E-state index contributed by atoms with van der Waals surface area (Å²) in [5.74, 6) is 1.56. The van der Waals surface area contributed by atoms with Crippen molar-refractivity contribution in [1.29, 1.82) is 0 Å². The molecule has 0 bridgehead atoms. The highest BCUT2D eigenvalue weighted by Crippen LogP contribution is 2.45. The van der Waals surface area contributed by atoms with Gasteiger partial charge in [-0.2, -0.15) is 0 Å². The smallest absolute Gasteiger partial charge is 0.126 e. The number of aryl methyl sites for hydroxylation is 1. The highest BCUT2D eigenvalue weighted by atomic mass is 32.1. The average Bonchev–Trinajstić information content (AvgIpc) is 3.37. The van der Waals surface area contributed by atoms with Gasteiger partial charge in [-0.1, -0.05) is 0 Å². The van der Waals surface area contributed by atoms with Crippen LogP contribution in [0.5, 0.6) is 5.75 Å². The summed E-state index contributed by atoms with van der Waals surface area (Å²) in [4.78, 5) is 10.5. The van der Waals surface area contributed by atoms with Crippen LogP contribution in [0.3, 0.4) is 0 Å². The van der Waals surface area contributed by atoms with Gasteiger partial charge < -0.3 is 4.74 Å². The molecule has 1 aromatic carbocycles. The summed E-state index contributed by atoms with van der Waals surface area (Å²) in [7, 11) is 1.68. The van der Waals surface area contributed by atoms with Crippen LogP contribution in [0.4, 0.5) is 0 Å². The standard InChI is InChI=1S/C19H18N2OS/c1-12-18(14-5-7-15(22-2)8-6-14)21-19(23-12)17-11-20-10-9-16(17)13-3-4-13/h5-11,13H,3-4H2,1-2H3. The van der Waals surface area contributed by atoms with E-state index in [-0.39, 0.29) is 0 Å². The van der Waals surface area contributed by atoms with E-state index in [1.54, 1.807) is 18.4 Å². The van der Waals surface area contributed by atoms with Gasteiger partial charge in [0.15, 0.2) is 0 Å². The summed E-state index contributed by atoms with van der Waals surface area (Å²) in [6, 6.07) is 10.2. The number of ether oxygens (including phenoxy) is 1. The van der Waals surface area contributed by atoms with Crippen LogP contribution in [0.25, 0.3) is 21.8 Å². The van der Waals surface area contributed by atoms with Gasteiger partial charge in [0.2, 0.25) is 0 Å². The first kappa shape index (κ1) is 14.4. The Morgan fingerprint density at radius 2 is 1.91 bits per heavy atom. The first-order valence-corrected chi connectivity index (χ1v) is 8.64. The van der Waals surface area contributed by atoms with Crippen LogP contribution in [-0.2, 0) is 0 Å². The number of pyridine rings is 1. The second-order valence-corrected chi connectivity index (χ2v) is 7.09. The highest BCUT2D eigenvalue weighted by Gasteiger charge is 2.27. The van der Waals surface area contributed by atoms with Crippen molar-refractivity contribution in [2.45, 2.75) is 25.7 Å². The van der Waals surface area contributed by atoms with E-state index in [0.29, 0.717) is 5.92 Å². The Labute approximate surface area is 140 Å². The lowest BCUT2D eigenvalue weighted by Crippen LogP contribution is -1.88. The van der Waals surface area contributed by atoms with Crippen molar-refractivity contribution >= 4 is 11.3 Å². The van der Waals surface area contributed by atoms with Crippen LogP contribution in [0, 0.1) is 6.92 Å². The van der Waals surface area contributed by atoms with Crippen molar-refractivity contribution in [3.63, 3.8) is 0 Å². The lowest BCUT2D eigenvalue weighted by molar-refractivity contribution is 0.415. The molecule has 0 unspecified atom stereocenters. The Balaban J connectivity index is 1.75. The fraction of sp³-hybridized carbons (Fsp3) is 0.263. The third-order valence-electron chi connectivity index (χ3n) is 4.26. The van der Waals surface area contributed by atoms with Gasteiger partial charge in [-0.05, 0) is 61.6 Å². The third kappa shape index (κ3) is 2.75. The molecule has 23 heavy (non-hydrogen) atoms. The molecule has 0 atom stereocenters. The SMILES string of the molecule is COc1ccc(-c2nc(-c3cnccc3C3CC3)sc2C)cc1. The molecule has 116 valence electrons. The molecule has 1 aliphatic rings. The molecule has 3 nitrogen and oxygen atoms in total. The van der Waals surface area contributed by atoms with Gasteiger partial charge in [-0.3, -0.25) is 4.98 Å². The highest BCUT2D eigenvalue weighted by molar-refractivity contribution is 7.15. The first-order chi connectivity index (χ1) is 11.3. The summed E-state index contributed by atoms with van der Waals surface area (Å²) in [6.07, 6.45) is 6.42. The van der Waals surface area contributed by atoms with Crippen LogP contribution in [0.2, 0.25) is 0 Å². The number of benzene rings is 1. The molecule has 2 heterocycles. The Morgan fingerprint density at radius 1 is 1.13 bits per heavy atom. The maximum absolute atomic E-state index is 5.23. The molecule has 1 fully saturated rings. The van der Waals surface area contributed by atoms with Crippen molar-refractivity contribution < 1.29 is 4.74 Å². The van der Waals surface area contributed by atoms with Gasteiger partial charge >= 0.3 is 0 Å². The van der Waals surface area contributed by atoms with Gasteiger partial charge in [-0.15, -0.1) is 11.3 Å². The van der Waals surface area contributed by atoms with E-state index >= 15 is 0 Å². The minimum Gasteiger partial charge on any atom is -0.497 e. The molecule has 3 aromatic rings. The molecular weight excluding hydrogens is 304 g/mol. The summed E-state index contributed by atoms with van der Waals surface area (Å²) >= 11 is 1.75. The zero-order chi connectivity index (χ0) is 15.8. The van der Waals surface area contributed by atoms with E-state index in [4.69, 9.17) is 9.72 Å². The maximum Gasteiger partial charge on any atom is 0.126 e. The van der Waals surface area contributed by atoms with Gasteiger partial charge in [0, 0.05) is 28.4 Å². The monoisotopic (exact) mass is 322 g/mol. The fourth-order valence-electron chi connectivity index (χ4n) is 2.86. The van der Waals surface area contributed by atoms with E-state index in [0.717, 1.165) is 22.0 Å². The lowest BCUT2D eigenvalue weighted by Gasteiger charge is -2.04. The van der Waals surface area contributed by atoms with E-state index in [2.05, 4.69) is 30.1 Å². The number of thiazole rings is 1. The van der Waals surface area contributed by atoms with Crippen LogP contribution >= 0.6 is 11.3 Å². The van der Waals surface area contributed by atoms with Gasteiger partial charge in [0.25, 0.3) is 0 Å². The van der Waals surface area contributed by atoms with E-state index < -0.39 is 0 Å². The van der Waals surface area contributed by atoms with Crippen molar-refractivity contribution in [3.05, 3.63) is 53.2 Å². The molecule has 1 aliphatic carbocycles. The van der Waals surface area contributed by atoms with Crippen LogP contribution < -0.4 is 4.74 Å². The minimum absolute atomic E-state index is 0.696. The van der Waals surface area contributed by atoms with Crippen molar-refractivity contribution in [2.24, 2.45) is 0 Å². The van der Waals surface area contributed by atoms with Crippen molar-refractivity contribution in [1.82, 2.24) is 9.97 Å². The number of hydrogen-bond acceptors (Lipinski definition) is 4. The summed E-state index contributed by atoms with van der Waals surface area (Å²) < 4.78 is 5.23. The zero-order valence-electron chi connectivity index (χ0n) is 13.2. The third-order valence-corrected chi connectivity index (χ3v) is 5.27.